The summed E-state index contributed by atoms with van der Waals surface area (Å²) >= 11 is 1.14. The molecule has 0 aliphatic heterocycles. The van der Waals surface area contributed by atoms with E-state index >= 15 is 0 Å². The molecule has 74 valence electrons. The number of thiazole rings is 1. The predicted octanol–water partition coefficient (Wildman–Crippen LogP) is 0.173. The zero-order chi connectivity index (χ0) is 9.97. The zero-order valence-electron chi connectivity index (χ0n) is 7.30. The monoisotopic (exact) mass is 211 g/mol. The number of aliphatic hydroxyl groups excluding tert-OH is 1. The minimum atomic E-state index is -0.0623. The van der Waals surface area contributed by atoms with Crippen LogP contribution in [0.15, 0.2) is 22.7 Å². The Bertz CT molecular complexity index is 471. The maximum Gasteiger partial charge on any atom is 0.304 e. The predicted molar refractivity (Wildman–Crippen MR) is 52.2 cm³/mol. The van der Waals surface area contributed by atoms with E-state index in [9.17, 15) is 4.79 Å². The Morgan fingerprint density at radius 2 is 2.50 bits per heavy atom. The van der Waals surface area contributed by atoms with Crippen molar-refractivity contribution in [3.05, 3.63) is 39.0 Å². The molecule has 6 heteroatoms. The molecule has 14 heavy (non-hydrogen) atoms. The summed E-state index contributed by atoms with van der Waals surface area (Å²) in [5.74, 6) is 0. The van der Waals surface area contributed by atoms with Crippen molar-refractivity contribution in [1.29, 1.82) is 0 Å². The maximum atomic E-state index is 10.8. The van der Waals surface area contributed by atoms with Crippen LogP contribution in [-0.4, -0.2) is 19.6 Å². The SMILES string of the molecule is O=c1[nH]c(Cn2cnc(CO)c2)cs1. The second-order valence-corrected chi connectivity index (χ2v) is 3.71. The Balaban J connectivity index is 2.14. The van der Waals surface area contributed by atoms with Gasteiger partial charge in [-0.3, -0.25) is 4.79 Å². The fourth-order valence-electron chi connectivity index (χ4n) is 1.16. The number of H-pyrrole nitrogens is 1. The zero-order valence-corrected chi connectivity index (χ0v) is 8.12. The number of hydrogen-bond donors (Lipinski definition) is 2. The lowest BCUT2D eigenvalue weighted by atomic mass is 10.5. The summed E-state index contributed by atoms with van der Waals surface area (Å²) in [4.78, 5) is 17.5. The van der Waals surface area contributed by atoms with Crippen molar-refractivity contribution in [3.63, 3.8) is 0 Å². The molecule has 0 radical (unpaired) electrons. The summed E-state index contributed by atoms with van der Waals surface area (Å²) in [6.07, 6.45) is 3.37. The molecule has 5 nitrogen and oxygen atoms in total. The van der Waals surface area contributed by atoms with E-state index in [2.05, 4.69) is 9.97 Å². The largest absolute Gasteiger partial charge is 0.390 e. The number of hydrogen-bond acceptors (Lipinski definition) is 4. The highest BCUT2D eigenvalue weighted by Gasteiger charge is 2.00. The number of aromatic nitrogens is 3. The molecule has 2 aromatic rings. The van der Waals surface area contributed by atoms with E-state index in [-0.39, 0.29) is 11.5 Å². The average molecular weight is 211 g/mol. The summed E-state index contributed by atoms with van der Waals surface area (Å²) in [5.41, 5.74) is 1.48. The number of nitrogens with zero attached hydrogens (tertiary/aromatic N) is 2. The van der Waals surface area contributed by atoms with Crippen molar-refractivity contribution in [3.8, 4) is 0 Å². The van der Waals surface area contributed by atoms with Gasteiger partial charge in [0, 0.05) is 17.3 Å². The Morgan fingerprint density at radius 1 is 1.64 bits per heavy atom. The van der Waals surface area contributed by atoms with Crippen LogP contribution in [0, 0.1) is 0 Å². The van der Waals surface area contributed by atoms with Gasteiger partial charge in [0.15, 0.2) is 0 Å². The molecule has 0 spiro atoms. The summed E-state index contributed by atoms with van der Waals surface area (Å²) in [5, 5.41) is 10.6. The molecule has 2 rings (SSSR count). The molecule has 0 amide bonds. The Morgan fingerprint density at radius 3 is 3.07 bits per heavy atom. The first-order valence-corrected chi connectivity index (χ1v) is 4.94. The lowest BCUT2D eigenvalue weighted by Gasteiger charge is -1.96. The van der Waals surface area contributed by atoms with E-state index in [0.29, 0.717) is 12.2 Å². The Labute approximate surface area is 83.7 Å². The number of rotatable bonds is 3. The van der Waals surface area contributed by atoms with Crippen molar-refractivity contribution in [1.82, 2.24) is 14.5 Å². The second kappa shape index (κ2) is 3.77. The molecule has 2 N–H and O–H groups in total. The first-order chi connectivity index (χ1) is 6.78. The number of imidazole rings is 1. The summed E-state index contributed by atoms with van der Waals surface area (Å²) in [6.45, 7) is 0.513. The van der Waals surface area contributed by atoms with Gasteiger partial charge in [0.1, 0.15) is 0 Å². The smallest absolute Gasteiger partial charge is 0.304 e. The highest BCUT2D eigenvalue weighted by atomic mass is 32.1. The summed E-state index contributed by atoms with van der Waals surface area (Å²) < 4.78 is 1.81. The van der Waals surface area contributed by atoms with Gasteiger partial charge in [-0.1, -0.05) is 11.3 Å². The molecular formula is C8H9N3O2S. The van der Waals surface area contributed by atoms with Crippen LogP contribution in [0.5, 0.6) is 0 Å². The quantitative estimate of drug-likeness (QED) is 0.760. The maximum absolute atomic E-state index is 10.8. The van der Waals surface area contributed by atoms with Gasteiger partial charge < -0.3 is 14.7 Å². The highest BCUT2D eigenvalue weighted by Crippen LogP contribution is 2.01. The van der Waals surface area contributed by atoms with Crippen LogP contribution < -0.4 is 4.87 Å². The van der Waals surface area contributed by atoms with E-state index < -0.39 is 0 Å². The van der Waals surface area contributed by atoms with Crippen LogP contribution in [0.25, 0.3) is 0 Å². The molecule has 0 unspecified atom stereocenters. The number of aromatic amines is 1. The minimum Gasteiger partial charge on any atom is -0.390 e. The fourth-order valence-corrected chi connectivity index (χ4v) is 1.74. The minimum absolute atomic E-state index is 0.0532. The first-order valence-electron chi connectivity index (χ1n) is 4.06. The van der Waals surface area contributed by atoms with Gasteiger partial charge in [-0.25, -0.2) is 4.98 Å². The van der Waals surface area contributed by atoms with Gasteiger partial charge in [0.05, 0.1) is 25.2 Å². The fraction of sp³-hybridized carbons (Fsp3) is 0.250. The van der Waals surface area contributed by atoms with Crippen LogP contribution in [0.2, 0.25) is 0 Å². The summed E-state index contributed by atoms with van der Waals surface area (Å²) in [6, 6.07) is 0. The van der Waals surface area contributed by atoms with E-state index in [0.717, 1.165) is 17.0 Å². The van der Waals surface area contributed by atoms with Crippen LogP contribution >= 0.6 is 11.3 Å². The van der Waals surface area contributed by atoms with E-state index in [1.54, 1.807) is 17.9 Å². The third kappa shape index (κ3) is 1.91. The molecule has 0 bridgehead atoms. The first kappa shape index (κ1) is 9.17. The third-order valence-electron chi connectivity index (χ3n) is 1.77. The topological polar surface area (TPSA) is 70.9 Å². The molecule has 0 aromatic carbocycles. The standard InChI is InChI=1S/C8H9N3O2S/c12-3-6-1-11(5-9-6)2-7-4-14-8(13)10-7/h1,4-5,12H,2-3H2,(H,10,13). The van der Waals surface area contributed by atoms with Crippen molar-refractivity contribution < 1.29 is 5.11 Å². The normalized spacial score (nSPS) is 10.6. The Kier molecular flexibility index (Phi) is 2.47. The van der Waals surface area contributed by atoms with Crippen molar-refractivity contribution in [2.24, 2.45) is 0 Å². The van der Waals surface area contributed by atoms with Crippen LogP contribution in [-0.2, 0) is 13.2 Å². The van der Waals surface area contributed by atoms with Crippen molar-refractivity contribution >= 4 is 11.3 Å². The lowest BCUT2D eigenvalue weighted by molar-refractivity contribution is 0.277. The van der Waals surface area contributed by atoms with Gasteiger partial charge in [-0.05, 0) is 0 Å². The molecule has 0 aliphatic rings. The number of aliphatic hydroxyl groups is 1. The average Bonchev–Trinajstić information content (AvgIpc) is 2.76. The van der Waals surface area contributed by atoms with Crippen LogP contribution in [0.4, 0.5) is 0 Å². The van der Waals surface area contributed by atoms with Gasteiger partial charge in [0.2, 0.25) is 0 Å². The van der Waals surface area contributed by atoms with E-state index in [1.165, 1.54) is 0 Å². The van der Waals surface area contributed by atoms with E-state index in [4.69, 9.17) is 5.11 Å². The van der Waals surface area contributed by atoms with Gasteiger partial charge in [-0.15, -0.1) is 0 Å². The third-order valence-corrected chi connectivity index (χ3v) is 2.49. The Hall–Kier alpha value is -1.40. The highest BCUT2D eigenvalue weighted by molar-refractivity contribution is 7.07. The van der Waals surface area contributed by atoms with Gasteiger partial charge in [0.25, 0.3) is 0 Å². The molecule has 0 saturated heterocycles. The molecule has 0 atom stereocenters. The second-order valence-electron chi connectivity index (χ2n) is 2.87. The summed E-state index contributed by atoms with van der Waals surface area (Å²) in [7, 11) is 0. The number of nitrogens with one attached hydrogen (secondary N) is 1. The molecule has 0 saturated carbocycles. The van der Waals surface area contributed by atoms with Gasteiger partial charge >= 0.3 is 4.87 Å². The van der Waals surface area contributed by atoms with E-state index in [1.807, 2.05) is 4.57 Å². The van der Waals surface area contributed by atoms with Crippen molar-refractivity contribution in [2.75, 3.05) is 0 Å². The molecular weight excluding hydrogens is 202 g/mol. The van der Waals surface area contributed by atoms with Crippen LogP contribution in [0.1, 0.15) is 11.4 Å². The molecule has 0 fully saturated rings. The molecule has 2 heterocycles. The molecule has 2 aromatic heterocycles. The lowest BCUT2D eigenvalue weighted by Crippen LogP contribution is -2.00. The van der Waals surface area contributed by atoms with Gasteiger partial charge in [-0.2, -0.15) is 0 Å². The van der Waals surface area contributed by atoms with Crippen molar-refractivity contribution in [2.45, 2.75) is 13.2 Å². The van der Waals surface area contributed by atoms with Crippen LogP contribution in [0.3, 0.4) is 0 Å². The molecule has 0 aliphatic carbocycles.